The molecule has 2 saturated heterocycles. The molecule has 5 heteroatoms. The van der Waals surface area contributed by atoms with E-state index in [1.54, 1.807) is 0 Å². The molecule has 0 unspecified atom stereocenters. The molecule has 2 fully saturated rings. The lowest BCUT2D eigenvalue weighted by Crippen LogP contribution is -2.41. The molecular formula is C19H26N4O. The number of rotatable bonds is 6. The quantitative estimate of drug-likeness (QED) is 0.885. The number of aromatic nitrogens is 3. The van der Waals surface area contributed by atoms with E-state index in [0.717, 1.165) is 31.8 Å². The van der Waals surface area contributed by atoms with Gasteiger partial charge in [-0.2, -0.15) is 0 Å². The van der Waals surface area contributed by atoms with E-state index < -0.39 is 0 Å². The fourth-order valence-electron chi connectivity index (χ4n) is 4.91. The summed E-state index contributed by atoms with van der Waals surface area (Å²) in [6, 6.07) is 11.6. The summed E-state index contributed by atoms with van der Waals surface area (Å²) < 4.78 is 2.12. The SMILES string of the molecule is CCn1cnnc1CN1[C@@H]2CC[C@H]1[C@](CO)(Cc1ccccc1)C2. The molecule has 5 nitrogen and oxygen atoms in total. The molecule has 1 N–H and O–H groups in total. The number of aliphatic hydroxyl groups excluding tert-OH is 1. The van der Waals surface area contributed by atoms with E-state index in [2.05, 4.69) is 56.9 Å². The van der Waals surface area contributed by atoms with Crippen LogP contribution in [0.5, 0.6) is 0 Å². The number of benzene rings is 1. The van der Waals surface area contributed by atoms with Crippen LogP contribution >= 0.6 is 0 Å². The molecule has 3 heterocycles. The highest BCUT2D eigenvalue weighted by Crippen LogP contribution is 2.51. The zero-order valence-corrected chi connectivity index (χ0v) is 14.3. The van der Waals surface area contributed by atoms with Crippen molar-refractivity contribution in [3.63, 3.8) is 0 Å². The van der Waals surface area contributed by atoms with Gasteiger partial charge in [0.05, 0.1) is 13.2 Å². The predicted molar refractivity (Wildman–Crippen MR) is 92.3 cm³/mol. The van der Waals surface area contributed by atoms with Crippen LogP contribution in [-0.4, -0.2) is 43.5 Å². The molecule has 0 amide bonds. The van der Waals surface area contributed by atoms with Crippen LogP contribution in [0.2, 0.25) is 0 Å². The van der Waals surface area contributed by atoms with Crippen LogP contribution < -0.4 is 0 Å². The maximum Gasteiger partial charge on any atom is 0.147 e. The Hall–Kier alpha value is -1.72. The molecule has 2 aliphatic rings. The highest BCUT2D eigenvalue weighted by Gasteiger charge is 2.55. The number of aliphatic hydroxyl groups is 1. The lowest BCUT2D eigenvalue weighted by atomic mass is 9.70. The number of aryl methyl sites for hydroxylation is 1. The molecule has 0 radical (unpaired) electrons. The van der Waals surface area contributed by atoms with Gasteiger partial charge in [-0.1, -0.05) is 30.3 Å². The first-order valence-electron chi connectivity index (χ1n) is 9.03. The van der Waals surface area contributed by atoms with Crippen LogP contribution in [-0.2, 0) is 19.5 Å². The monoisotopic (exact) mass is 326 g/mol. The summed E-state index contributed by atoms with van der Waals surface area (Å²) in [5.74, 6) is 1.04. The maximum atomic E-state index is 10.3. The molecule has 2 aliphatic heterocycles. The Morgan fingerprint density at radius 1 is 1.25 bits per heavy atom. The summed E-state index contributed by atoms with van der Waals surface area (Å²) >= 11 is 0. The van der Waals surface area contributed by atoms with Gasteiger partial charge in [-0.3, -0.25) is 4.90 Å². The van der Waals surface area contributed by atoms with Crippen molar-refractivity contribution in [2.45, 2.75) is 57.8 Å². The van der Waals surface area contributed by atoms with Gasteiger partial charge in [-0.25, -0.2) is 0 Å². The van der Waals surface area contributed by atoms with E-state index in [1.165, 1.54) is 18.4 Å². The van der Waals surface area contributed by atoms with E-state index in [1.807, 2.05) is 6.33 Å². The number of fused-ring (bicyclic) bond motifs is 2. The lowest BCUT2D eigenvalue weighted by Gasteiger charge is -2.36. The fraction of sp³-hybridized carbons (Fsp3) is 0.579. The summed E-state index contributed by atoms with van der Waals surface area (Å²) in [6.45, 7) is 4.14. The van der Waals surface area contributed by atoms with Crippen molar-refractivity contribution in [1.29, 1.82) is 0 Å². The van der Waals surface area contributed by atoms with Gasteiger partial charge in [0, 0.05) is 24.0 Å². The smallest absolute Gasteiger partial charge is 0.147 e. The van der Waals surface area contributed by atoms with E-state index >= 15 is 0 Å². The Morgan fingerprint density at radius 3 is 2.83 bits per heavy atom. The summed E-state index contributed by atoms with van der Waals surface area (Å²) in [6.07, 6.45) is 6.28. The van der Waals surface area contributed by atoms with Crippen LogP contribution in [0.25, 0.3) is 0 Å². The molecule has 3 atom stereocenters. The molecule has 128 valence electrons. The third-order valence-electron chi connectivity index (χ3n) is 6.07. The second-order valence-corrected chi connectivity index (χ2v) is 7.34. The number of nitrogens with zero attached hydrogens (tertiary/aromatic N) is 4. The molecule has 2 aromatic rings. The van der Waals surface area contributed by atoms with Crippen LogP contribution in [0.1, 0.15) is 37.6 Å². The van der Waals surface area contributed by atoms with Crippen molar-refractivity contribution >= 4 is 0 Å². The molecule has 4 rings (SSSR count). The molecule has 0 aliphatic carbocycles. The second kappa shape index (κ2) is 6.30. The zero-order valence-electron chi connectivity index (χ0n) is 14.3. The second-order valence-electron chi connectivity index (χ2n) is 7.34. The van der Waals surface area contributed by atoms with Gasteiger partial charge in [0.2, 0.25) is 0 Å². The first-order valence-corrected chi connectivity index (χ1v) is 9.03. The lowest BCUT2D eigenvalue weighted by molar-refractivity contribution is 0.0742. The number of hydrogen-bond donors (Lipinski definition) is 1. The fourth-order valence-corrected chi connectivity index (χ4v) is 4.91. The van der Waals surface area contributed by atoms with Gasteiger partial charge in [0.1, 0.15) is 12.2 Å². The minimum atomic E-state index is -0.0126. The van der Waals surface area contributed by atoms with Crippen molar-refractivity contribution in [2.75, 3.05) is 6.61 Å². The van der Waals surface area contributed by atoms with Gasteiger partial charge < -0.3 is 9.67 Å². The van der Waals surface area contributed by atoms with Crippen LogP contribution in [0.4, 0.5) is 0 Å². The summed E-state index contributed by atoms with van der Waals surface area (Å²) in [5.41, 5.74) is 1.32. The third-order valence-corrected chi connectivity index (χ3v) is 6.07. The predicted octanol–water partition coefficient (Wildman–Crippen LogP) is 2.26. The van der Waals surface area contributed by atoms with Crippen LogP contribution in [0.3, 0.4) is 0 Å². The molecule has 0 spiro atoms. The first kappa shape index (κ1) is 15.8. The van der Waals surface area contributed by atoms with Crippen molar-refractivity contribution in [3.8, 4) is 0 Å². The van der Waals surface area contributed by atoms with Crippen molar-refractivity contribution in [2.24, 2.45) is 5.41 Å². The normalized spacial score (nSPS) is 29.4. The molecule has 1 aromatic heterocycles. The first-order chi connectivity index (χ1) is 11.8. The maximum absolute atomic E-state index is 10.3. The van der Waals surface area contributed by atoms with Crippen molar-refractivity contribution in [1.82, 2.24) is 19.7 Å². The third kappa shape index (κ3) is 2.56. The zero-order chi connectivity index (χ0) is 16.6. The Bertz CT molecular complexity index is 686. The van der Waals surface area contributed by atoms with Crippen LogP contribution in [0, 0.1) is 5.41 Å². The minimum Gasteiger partial charge on any atom is -0.396 e. The van der Waals surface area contributed by atoms with E-state index in [-0.39, 0.29) is 12.0 Å². The summed E-state index contributed by atoms with van der Waals surface area (Å²) in [4.78, 5) is 2.58. The van der Waals surface area contributed by atoms with E-state index in [4.69, 9.17) is 0 Å². The summed E-state index contributed by atoms with van der Waals surface area (Å²) in [5, 5.41) is 18.7. The average molecular weight is 326 g/mol. The summed E-state index contributed by atoms with van der Waals surface area (Å²) in [7, 11) is 0. The van der Waals surface area contributed by atoms with Crippen molar-refractivity contribution < 1.29 is 5.11 Å². The molecule has 0 saturated carbocycles. The molecule has 24 heavy (non-hydrogen) atoms. The van der Waals surface area contributed by atoms with Crippen molar-refractivity contribution in [3.05, 3.63) is 48.0 Å². The Morgan fingerprint density at radius 2 is 2.08 bits per heavy atom. The average Bonchev–Trinajstić information content (AvgIpc) is 3.30. The van der Waals surface area contributed by atoms with Crippen LogP contribution in [0.15, 0.2) is 36.7 Å². The van der Waals surface area contributed by atoms with Gasteiger partial charge >= 0.3 is 0 Å². The standard InChI is InChI=1S/C19H26N4O/c1-2-22-14-20-21-18(22)12-23-16-8-9-17(23)19(11-16,13-24)10-15-6-4-3-5-7-15/h3-7,14,16-17,24H,2,8-13H2,1H3/t16-,17+,19-/m1/s1. The molecular weight excluding hydrogens is 300 g/mol. The van der Waals surface area contributed by atoms with Gasteiger partial charge in [-0.15, -0.1) is 10.2 Å². The van der Waals surface area contributed by atoms with Gasteiger partial charge in [0.15, 0.2) is 0 Å². The van der Waals surface area contributed by atoms with Gasteiger partial charge in [-0.05, 0) is 38.2 Å². The Kier molecular flexibility index (Phi) is 4.14. The van der Waals surface area contributed by atoms with E-state index in [0.29, 0.717) is 12.1 Å². The van der Waals surface area contributed by atoms with E-state index in [9.17, 15) is 5.11 Å². The van der Waals surface area contributed by atoms with Gasteiger partial charge in [0.25, 0.3) is 0 Å². The number of hydrogen-bond acceptors (Lipinski definition) is 4. The highest BCUT2D eigenvalue weighted by molar-refractivity contribution is 5.20. The largest absolute Gasteiger partial charge is 0.396 e. The minimum absolute atomic E-state index is 0.0126. The Labute approximate surface area is 143 Å². The molecule has 1 aromatic carbocycles. The highest BCUT2D eigenvalue weighted by atomic mass is 16.3. The topological polar surface area (TPSA) is 54.2 Å². The molecule has 2 bridgehead atoms. The Balaban J connectivity index is 1.56.